The highest BCUT2D eigenvalue weighted by Gasteiger charge is 2.58. The molecule has 145 heavy (non-hydrogen) atoms. The van der Waals surface area contributed by atoms with Gasteiger partial charge < -0.3 is 83.1 Å². The lowest BCUT2D eigenvalue weighted by Gasteiger charge is -2.42. The van der Waals surface area contributed by atoms with E-state index >= 15 is 0 Å². The molecule has 0 amide bonds. The van der Waals surface area contributed by atoms with Crippen LogP contribution in [0, 0.1) is 71.0 Å². The highest BCUT2D eigenvalue weighted by molar-refractivity contribution is 6.35. The Morgan fingerprint density at radius 2 is 0.634 bits per heavy atom. The zero-order valence-electron chi connectivity index (χ0n) is 92.8. The molecule has 11 N–H and O–H groups in total. The molecule has 31 heteroatoms. The normalized spacial score (nSPS) is 35.6. The second-order valence-electron chi connectivity index (χ2n) is 48.0. The maximum absolute atomic E-state index is 10.3. The van der Waals surface area contributed by atoms with Crippen LogP contribution in [0.3, 0.4) is 0 Å². The number of hydrazine groups is 3. The second-order valence-corrected chi connectivity index (χ2v) is 51.3. The molecular formula is C114H183Cl8N12O11+9. The number of aliphatic hydroxyl groups excluding tert-OH is 11. The van der Waals surface area contributed by atoms with E-state index in [2.05, 4.69) is 271 Å². The molecule has 0 saturated carbocycles. The van der Waals surface area contributed by atoms with E-state index in [1.807, 2.05) is 60.9 Å². The van der Waals surface area contributed by atoms with Crippen molar-refractivity contribution in [3.05, 3.63) is 203 Å². The average molecular weight is 2180 g/mol. The maximum atomic E-state index is 10.3. The number of hydrogen-bond donors (Lipinski definition) is 11. The minimum atomic E-state index is -0.255. The number of rotatable bonds is 9. The molecule has 23 atom stereocenters. The van der Waals surface area contributed by atoms with Crippen LogP contribution in [0.1, 0.15) is 207 Å². The fourth-order valence-electron chi connectivity index (χ4n) is 24.7. The summed E-state index contributed by atoms with van der Waals surface area (Å²) in [6.07, 6.45) is 28.7. The first-order chi connectivity index (χ1) is 66.5. The number of nitrogens with zero attached hydrogens (tertiary/aromatic N) is 12. The van der Waals surface area contributed by atoms with Crippen LogP contribution >= 0.6 is 92.8 Å². The molecule has 6 fully saturated rings. The van der Waals surface area contributed by atoms with E-state index in [4.69, 9.17) is 92.8 Å². The van der Waals surface area contributed by atoms with Gasteiger partial charge in [0.2, 0.25) is 0 Å². The number of likely N-dealkylation sites (N-methyl/N-ethyl adjacent to an activating group) is 6. The van der Waals surface area contributed by atoms with Crippen LogP contribution in [0.5, 0.6) is 0 Å². The fourth-order valence-corrected chi connectivity index (χ4v) is 27.5. The number of allylic oxidation sites excluding steroid dienone is 8. The molecule has 6 saturated heterocycles. The lowest BCUT2D eigenvalue weighted by molar-refractivity contribution is -0.938. The minimum absolute atomic E-state index is 0. The van der Waals surface area contributed by atoms with Crippen LogP contribution < -0.4 is 0 Å². The van der Waals surface area contributed by atoms with Gasteiger partial charge in [-0.15, -0.1) is 14.1 Å². The molecule has 9 aliphatic heterocycles. The number of likely N-dealkylation sites (tertiary alicyclic amines) is 6. The van der Waals surface area contributed by atoms with E-state index in [0.29, 0.717) is 200 Å². The van der Waals surface area contributed by atoms with Crippen molar-refractivity contribution < 1.29 is 97.1 Å². The predicted molar refractivity (Wildman–Crippen MR) is 602 cm³/mol. The number of quaternary nitrogens is 6. The van der Waals surface area contributed by atoms with Crippen LogP contribution in [-0.4, -0.2) is 344 Å². The Hall–Kier alpha value is -6.39. The van der Waals surface area contributed by atoms with Gasteiger partial charge in [-0.05, 0) is 256 Å². The van der Waals surface area contributed by atoms with Crippen LogP contribution in [0.15, 0.2) is 203 Å². The molecule has 0 bridgehead atoms. The molecule has 23 unspecified atom stereocenters. The summed E-state index contributed by atoms with van der Waals surface area (Å²) in [5.74, 6) is 5.53. The Morgan fingerprint density at radius 3 is 1.14 bits per heavy atom. The van der Waals surface area contributed by atoms with Crippen LogP contribution in [0.25, 0.3) is 0 Å². The lowest BCUT2D eigenvalue weighted by Crippen LogP contribution is -2.55. The van der Waals surface area contributed by atoms with Crippen molar-refractivity contribution in [2.24, 2.45) is 71.0 Å². The SMILES string of the molecule is C.CC(C)[N+]1(C)CC2C(Cl)=C(O)C(O)=C(Cl)C2C1.CC1=C(Cl)C2C(C=[N+](C(C)C)N2C)C(Cl)=C1O.CC1=C(O)C2C(CC[N+]2(C)C(C)C)C(Cl)=C1O.CC1=CC2C(C=C1O)C=[N+](C(C)C)N2C.CC1=CC2C(C=C1O)CC[N+]2(C)C(C)C.CC1=CC2C(C=[N+](C(C)C)N2C)C(Cl)=C1O.CC1=CC2C(CC[N+]2(C)C(C)C)C(Cl)=C1O.CC1=CC2C[N+](C)(C(C)C)CC2C(Cl)=C1O.CC1=CC2C[N+](C)(C(C)C)CC2C=C1O. The van der Waals surface area contributed by atoms with Gasteiger partial charge in [0.25, 0.3) is 0 Å². The smallest absolute Gasteiger partial charge is 0.181 e. The monoisotopic (exact) mass is 2180 g/mol. The fraction of sp³-hybridized carbons (Fsp3) is 0.658. The van der Waals surface area contributed by atoms with Crippen molar-refractivity contribution in [1.29, 1.82) is 0 Å². The molecule has 0 radical (unpaired) electrons. The molecule has 9 aliphatic carbocycles. The summed E-state index contributed by atoms with van der Waals surface area (Å²) >= 11 is 49.8. The summed E-state index contributed by atoms with van der Waals surface area (Å²) in [5, 5.41) is 119. The number of aliphatic hydroxyl groups is 11. The largest absolute Gasteiger partial charge is 0.508 e. The molecule has 18 aliphatic rings. The standard InChI is InChI=1S/C13H20ClNO2.2C13H20ClNO.2C13H21NO.C12H16Cl2N2O.C12H17Cl2NO2.C12H17ClN2O.C12H18N2O.CH4/c1-7(2)15(4)6-5-9-10(14)12(16)8(3)13(17)11(9)15;1-8(2)15(4)6-10-5-9(3)13(16)12(14)11(10)7-15;1-8(2)15(4)6-5-10-11(15)7-9(3)13(16)12(10)14;1-9(2)14(4)7-11-5-10(3)13(15)6-12(11)8-14;1-9(2)14(4)6-5-11-8-13(15)10(3)7-12(11)14;1-6(2)16-5-8-10(14)12(17)7(3)9(13)11(8)15(16)4;1-6(2)15(3)4-7-8(5-15)10(14)12(17)11(16)9(7)13;1-7(2)15-6-9-10(14(15)4)5-8(3)12(16)11(9)13;1-8(2)14-7-10-6-12(15)9(3)5-11(10)13(14)4;/h7,9,11H,5-6H2,1-4H3,(H-,16,17);5,8,10-11H,6-7H2,1-4H3;7-8,10-11H,5-6H2,1-4H3;5-6,9,11-12H,7-8H2,1-4H3;7-9,11-12H,5-6H2,1-4H3;5-6,8,11H,1-4H3;6-8H,4-5H2,1-3H3,(H-,16,17);5-7,9-10H,1-4H3;5-8,10-11H,1-4H3;1H4/p+9. The first kappa shape index (κ1) is 122. The summed E-state index contributed by atoms with van der Waals surface area (Å²) in [4.78, 5) is 0. The van der Waals surface area contributed by atoms with Gasteiger partial charge in [0.15, 0.2) is 60.1 Å². The van der Waals surface area contributed by atoms with Gasteiger partial charge in [0, 0.05) is 54.1 Å². The molecular weight excluding hydrogens is 2000 g/mol. The van der Waals surface area contributed by atoms with Gasteiger partial charge in [-0.3, -0.25) is 0 Å². The van der Waals surface area contributed by atoms with E-state index in [-0.39, 0.29) is 83.9 Å². The van der Waals surface area contributed by atoms with E-state index < -0.39 is 0 Å². The molecule has 23 nitrogen and oxygen atoms in total. The average Bonchev–Trinajstić information content (AvgIpc) is 1.58. The highest BCUT2D eigenvalue weighted by atomic mass is 35.5. The quantitative estimate of drug-likeness (QED) is 0.0761. The zero-order chi connectivity index (χ0) is 109. The zero-order valence-corrected chi connectivity index (χ0v) is 98.9. The van der Waals surface area contributed by atoms with Gasteiger partial charge in [-0.1, -0.05) is 112 Å². The van der Waals surface area contributed by atoms with Gasteiger partial charge in [0.05, 0.1) is 234 Å². The molecule has 18 rings (SSSR count). The molecule has 0 spiro atoms. The van der Waals surface area contributed by atoms with E-state index in [9.17, 15) is 56.2 Å². The third-order valence-electron chi connectivity index (χ3n) is 36.6. The van der Waals surface area contributed by atoms with Gasteiger partial charge in [0.1, 0.15) is 88.1 Å². The molecule has 812 valence electrons. The van der Waals surface area contributed by atoms with Gasteiger partial charge in [-0.2, -0.15) is 15.0 Å². The van der Waals surface area contributed by atoms with Crippen molar-refractivity contribution in [3.8, 4) is 0 Å². The van der Waals surface area contributed by atoms with Crippen molar-refractivity contribution in [3.63, 3.8) is 0 Å². The number of hydrogen-bond acceptors (Lipinski definition) is 14. The lowest BCUT2D eigenvalue weighted by atomic mass is 9.88. The van der Waals surface area contributed by atoms with E-state index in [0.717, 1.165) is 119 Å². The predicted octanol–water partition coefficient (Wildman–Crippen LogP) is 25.1. The Bertz CT molecular complexity index is 5460. The summed E-state index contributed by atoms with van der Waals surface area (Å²) in [5.41, 5.74) is 6.99. The van der Waals surface area contributed by atoms with E-state index in [1.54, 1.807) is 13.8 Å². The van der Waals surface area contributed by atoms with Crippen molar-refractivity contribution in [2.45, 2.75) is 297 Å². The third kappa shape index (κ3) is 24.2. The van der Waals surface area contributed by atoms with Crippen LogP contribution in [0.2, 0.25) is 0 Å². The maximum Gasteiger partial charge on any atom is 0.181 e. The Balaban J connectivity index is 0.000000182. The second kappa shape index (κ2) is 47.1. The highest BCUT2D eigenvalue weighted by Crippen LogP contribution is 2.53. The summed E-state index contributed by atoms with van der Waals surface area (Å²) in [6.45, 7) is 64.5. The van der Waals surface area contributed by atoms with Crippen molar-refractivity contribution >= 4 is 111 Å². The molecule has 0 aromatic heterocycles. The van der Waals surface area contributed by atoms with Crippen molar-refractivity contribution in [1.82, 2.24) is 15.0 Å². The summed E-state index contributed by atoms with van der Waals surface area (Å²) in [7, 11) is 19.7. The molecule has 9 heterocycles. The van der Waals surface area contributed by atoms with Crippen molar-refractivity contribution in [2.75, 3.05) is 122 Å². The first-order valence-corrected chi connectivity index (χ1v) is 55.4. The van der Waals surface area contributed by atoms with E-state index in [1.165, 1.54) is 19.5 Å². The first-order valence-electron chi connectivity index (χ1n) is 52.4. The molecule has 0 aromatic rings. The topological polar surface area (TPSA) is 241 Å². The Labute approximate surface area is 910 Å². The molecule has 0 aromatic carbocycles. The van der Waals surface area contributed by atoms with Gasteiger partial charge in [-0.25, -0.2) is 0 Å². The minimum Gasteiger partial charge on any atom is -0.508 e. The Morgan fingerprint density at radius 1 is 0.297 bits per heavy atom. The van der Waals surface area contributed by atoms with Gasteiger partial charge >= 0.3 is 0 Å². The summed E-state index contributed by atoms with van der Waals surface area (Å²) in [6, 6.07) is 6.18. The van der Waals surface area contributed by atoms with Crippen LogP contribution in [-0.2, 0) is 0 Å². The summed E-state index contributed by atoms with van der Waals surface area (Å²) < 4.78 is 12.5. The number of hydrazone groups is 3. The third-order valence-corrected chi connectivity index (χ3v) is 40.3. The Kier molecular flexibility index (Phi) is 39.6. The number of halogens is 8. The van der Waals surface area contributed by atoms with Crippen LogP contribution in [0.4, 0.5) is 0 Å². The number of fused-ring (bicyclic) bond motifs is 9.